The molecule has 0 radical (unpaired) electrons. The van der Waals surface area contributed by atoms with E-state index in [0.717, 1.165) is 11.3 Å². The van der Waals surface area contributed by atoms with Gasteiger partial charge < -0.3 is 10.5 Å². The summed E-state index contributed by atoms with van der Waals surface area (Å²) in [6.07, 6.45) is 2.28. The van der Waals surface area contributed by atoms with Crippen molar-refractivity contribution in [1.82, 2.24) is 5.43 Å². The van der Waals surface area contributed by atoms with Gasteiger partial charge in [-0.1, -0.05) is 18.2 Å². The summed E-state index contributed by atoms with van der Waals surface area (Å²) in [6, 6.07) is 7.70. The van der Waals surface area contributed by atoms with Crippen LogP contribution in [0.1, 0.15) is 5.56 Å². The number of para-hydroxylation sites is 1. The molecule has 1 heterocycles. The second-order valence-corrected chi connectivity index (χ2v) is 3.03. The van der Waals surface area contributed by atoms with Crippen LogP contribution in [0.15, 0.2) is 36.0 Å². The SMILES string of the molecule is O=C(O)C1=CCc2ccccc2NN1. The molecule has 0 unspecified atom stereocenters. The quantitative estimate of drug-likeness (QED) is 0.621. The van der Waals surface area contributed by atoms with Crippen molar-refractivity contribution in [3.63, 3.8) is 0 Å². The molecule has 0 fully saturated rings. The van der Waals surface area contributed by atoms with E-state index >= 15 is 0 Å². The van der Waals surface area contributed by atoms with E-state index in [4.69, 9.17) is 5.11 Å². The maximum absolute atomic E-state index is 10.7. The van der Waals surface area contributed by atoms with Gasteiger partial charge in [0.1, 0.15) is 5.70 Å². The third-order valence-corrected chi connectivity index (χ3v) is 2.11. The molecule has 0 aliphatic carbocycles. The fourth-order valence-electron chi connectivity index (χ4n) is 1.36. The first-order valence-electron chi connectivity index (χ1n) is 4.31. The molecule has 1 aliphatic rings. The molecule has 1 aromatic carbocycles. The number of carboxylic acid groups (broad SMARTS) is 1. The molecule has 0 bridgehead atoms. The van der Waals surface area contributed by atoms with Gasteiger partial charge in [-0.2, -0.15) is 0 Å². The Hall–Kier alpha value is -1.97. The highest BCUT2D eigenvalue weighted by atomic mass is 16.4. The number of benzene rings is 1. The zero-order valence-electron chi connectivity index (χ0n) is 7.45. The first-order chi connectivity index (χ1) is 6.77. The van der Waals surface area contributed by atoms with E-state index in [0.29, 0.717) is 6.42 Å². The summed E-state index contributed by atoms with van der Waals surface area (Å²) in [6.45, 7) is 0. The van der Waals surface area contributed by atoms with Gasteiger partial charge in [0.15, 0.2) is 0 Å². The lowest BCUT2D eigenvalue weighted by molar-refractivity contribution is -0.133. The second kappa shape index (κ2) is 3.41. The Kier molecular flexibility index (Phi) is 2.10. The number of rotatable bonds is 1. The molecule has 2 rings (SSSR count). The van der Waals surface area contributed by atoms with Crippen LogP contribution < -0.4 is 10.9 Å². The van der Waals surface area contributed by atoms with Crippen molar-refractivity contribution < 1.29 is 9.90 Å². The van der Waals surface area contributed by atoms with Crippen LogP contribution in [0.25, 0.3) is 0 Å². The molecule has 0 saturated carbocycles. The molecule has 1 aliphatic heterocycles. The van der Waals surface area contributed by atoms with E-state index in [1.54, 1.807) is 6.08 Å². The summed E-state index contributed by atoms with van der Waals surface area (Å²) < 4.78 is 0. The van der Waals surface area contributed by atoms with Gasteiger partial charge in [0, 0.05) is 0 Å². The molecule has 0 atom stereocenters. The molecular formula is C10H10N2O2. The van der Waals surface area contributed by atoms with E-state index in [9.17, 15) is 4.79 Å². The minimum Gasteiger partial charge on any atom is -0.477 e. The number of hydrogen-bond acceptors (Lipinski definition) is 3. The zero-order chi connectivity index (χ0) is 9.97. The molecule has 72 valence electrons. The molecule has 0 spiro atoms. The summed E-state index contributed by atoms with van der Waals surface area (Å²) >= 11 is 0. The van der Waals surface area contributed by atoms with E-state index in [2.05, 4.69) is 10.9 Å². The number of hydrazine groups is 1. The average molecular weight is 190 g/mol. The van der Waals surface area contributed by atoms with Crippen molar-refractivity contribution in [1.29, 1.82) is 0 Å². The molecule has 4 heteroatoms. The minimum atomic E-state index is -0.953. The standard InChI is InChI=1S/C10H10N2O2/c13-10(14)9-6-5-7-3-1-2-4-8(7)11-12-9/h1-4,6,11-12H,5H2,(H,13,14). The number of hydrogen-bond donors (Lipinski definition) is 3. The highest BCUT2D eigenvalue weighted by Crippen LogP contribution is 2.17. The number of fused-ring (bicyclic) bond motifs is 1. The van der Waals surface area contributed by atoms with Gasteiger partial charge in [0.2, 0.25) is 0 Å². The molecule has 0 amide bonds. The van der Waals surface area contributed by atoms with Crippen molar-refractivity contribution in [2.75, 3.05) is 5.43 Å². The highest BCUT2D eigenvalue weighted by molar-refractivity contribution is 5.86. The van der Waals surface area contributed by atoms with Crippen LogP contribution in [0.4, 0.5) is 5.69 Å². The van der Waals surface area contributed by atoms with Crippen LogP contribution in [0.3, 0.4) is 0 Å². The number of allylic oxidation sites excluding steroid dienone is 1. The topological polar surface area (TPSA) is 61.4 Å². The fourth-order valence-corrected chi connectivity index (χ4v) is 1.36. The predicted octanol–water partition coefficient (Wildman–Crippen LogP) is 1.13. The Labute approximate surface area is 81.2 Å². The van der Waals surface area contributed by atoms with Gasteiger partial charge in [-0.15, -0.1) is 0 Å². The summed E-state index contributed by atoms with van der Waals surface area (Å²) in [4.78, 5) is 10.7. The molecule has 1 aromatic rings. The van der Waals surface area contributed by atoms with Crippen LogP contribution in [0.2, 0.25) is 0 Å². The van der Waals surface area contributed by atoms with Gasteiger partial charge in [-0.3, -0.25) is 5.43 Å². The maximum atomic E-state index is 10.7. The Balaban J connectivity index is 2.28. The van der Waals surface area contributed by atoms with Crippen LogP contribution >= 0.6 is 0 Å². The van der Waals surface area contributed by atoms with E-state index in [1.165, 1.54) is 0 Å². The molecular weight excluding hydrogens is 180 g/mol. The first kappa shape index (κ1) is 8.62. The lowest BCUT2D eigenvalue weighted by Crippen LogP contribution is -2.25. The number of aliphatic carboxylic acids is 1. The normalized spacial score (nSPS) is 14.1. The monoisotopic (exact) mass is 190 g/mol. The Bertz CT molecular complexity index is 399. The van der Waals surface area contributed by atoms with Gasteiger partial charge in [0.05, 0.1) is 5.69 Å². The van der Waals surface area contributed by atoms with Gasteiger partial charge in [-0.25, -0.2) is 4.79 Å². The van der Waals surface area contributed by atoms with Crippen molar-refractivity contribution in [3.8, 4) is 0 Å². The van der Waals surface area contributed by atoms with Gasteiger partial charge in [-0.05, 0) is 24.1 Å². The maximum Gasteiger partial charge on any atom is 0.353 e. The highest BCUT2D eigenvalue weighted by Gasteiger charge is 2.11. The van der Waals surface area contributed by atoms with Crippen LogP contribution in [0.5, 0.6) is 0 Å². The fraction of sp³-hybridized carbons (Fsp3) is 0.100. The average Bonchev–Trinajstić information content (AvgIpc) is 2.39. The van der Waals surface area contributed by atoms with Gasteiger partial charge >= 0.3 is 5.97 Å². The number of anilines is 1. The van der Waals surface area contributed by atoms with Crippen molar-refractivity contribution in [2.24, 2.45) is 0 Å². The van der Waals surface area contributed by atoms with Gasteiger partial charge in [0.25, 0.3) is 0 Å². The van der Waals surface area contributed by atoms with Crippen LogP contribution in [-0.2, 0) is 11.2 Å². The third-order valence-electron chi connectivity index (χ3n) is 2.11. The first-order valence-corrected chi connectivity index (χ1v) is 4.31. The molecule has 3 N–H and O–H groups in total. The van der Waals surface area contributed by atoms with Crippen molar-refractivity contribution in [2.45, 2.75) is 6.42 Å². The second-order valence-electron chi connectivity index (χ2n) is 3.03. The smallest absolute Gasteiger partial charge is 0.353 e. The van der Waals surface area contributed by atoms with E-state index < -0.39 is 5.97 Å². The Morgan fingerprint density at radius 2 is 2.07 bits per heavy atom. The summed E-state index contributed by atoms with van der Waals surface area (Å²) in [5, 5.41) is 8.77. The summed E-state index contributed by atoms with van der Waals surface area (Å²) in [7, 11) is 0. The van der Waals surface area contributed by atoms with E-state index in [-0.39, 0.29) is 5.70 Å². The largest absolute Gasteiger partial charge is 0.477 e. The van der Waals surface area contributed by atoms with Crippen LogP contribution in [0, 0.1) is 0 Å². The molecule has 4 nitrogen and oxygen atoms in total. The summed E-state index contributed by atoms with van der Waals surface area (Å²) in [5.74, 6) is -0.953. The number of nitrogens with one attached hydrogen (secondary N) is 2. The zero-order valence-corrected chi connectivity index (χ0v) is 7.45. The van der Waals surface area contributed by atoms with Crippen molar-refractivity contribution in [3.05, 3.63) is 41.6 Å². The molecule has 14 heavy (non-hydrogen) atoms. The lowest BCUT2D eigenvalue weighted by atomic mass is 10.1. The van der Waals surface area contributed by atoms with E-state index in [1.807, 2.05) is 24.3 Å². The number of carboxylic acids is 1. The predicted molar refractivity (Wildman–Crippen MR) is 52.6 cm³/mol. The lowest BCUT2D eigenvalue weighted by Gasteiger charge is -2.08. The number of carbonyl (C=O) groups is 1. The third kappa shape index (κ3) is 1.54. The van der Waals surface area contributed by atoms with Crippen LogP contribution in [-0.4, -0.2) is 11.1 Å². The Morgan fingerprint density at radius 1 is 1.29 bits per heavy atom. The molecule has 0 aromatic heterocycles. The Morgan fingerprint density at radius 3 is 2.86 bits per heavy atom. The summed E-state index contributed by atoms with van der Waals surface area (Å²) in [5.41, 5.74) is 7.68. The minimum absolute atomic E-state index is 0.182. The molecule has 0 saturated heterocycles. The van der Waals surface area contributed by atoms with Crippen molar-refractivity contribution >= 4 is 11.7 Å².